The normalized spacial score (nSPS) is 20.0. The van der Waals surface area contributed by atoms with Gasteiger partial charge in [-0.1, -0.05) is 12.1 Å². The second-order valence-electron chi connectivity index (χ2n) is 6.56. The molecule has 1 aliphatic rings. The zero-order valence-corrected chi connectivity index (χ0v) is 13.3. The zero-order valence-electron chi connectivity index (χ0n) is 13.3. The van der Waals surface area contributed by atoms with Gasteiger partial charge in [-0.3, -0.25) is 0 Å². The Balaban J connectivity index is 1.85. The van der Waals surface area contributed by atoms with Crippen molar-refractivity contribution >= 4 is 12.6 Å². The molecule has 0 amide bonds. The molecular formula is C16H21BN2O2. The Morgan fingerprint density at radius 1 is 0.952 bits per heavy atom. The summed E-state index contributed by atoms with van der Waals surface area (Å²) in [6, 6.07) is 10.2. The zero-order chi connectivity index (χ0) is 15.3. The van der Waals surface area contributed by atoms with Crippen LogP contribution in [0.4, 0.5) is 0 Å². The van der Waals surface area contributed by atoms with Gasteiger partial charge in [-0.2, -0.15) is 5.10 Å². The molecule has 1 aromatic heterocycles. The van der Waals surface area contributed by atoms with Gasteiger partial charge in [0.05, 0.1) is 16.9 Å². The summed E-state index contributed by atoms with van der Waals surface area (Å²) in [5, 5.41) is 4.31. The summed E-state index contributed by atoms with van der Waals surface area (Å²) in [5.41, 5.74) is 2.56. The van der Waals surface area contributed by atoms with E-state index in [9.17, 15) is 0 Å². The Kier molecular flexibility index (Phi) is 3.22. The van der Waals surface area contributed by atoms with E-state index in [0.29, 0.717) is 0 Å². The van der Waals surface area contributed by atoms with Crippen LogP contribution in [0.5, 0.6) is 0 Å². The fraction of sp³-hybridized carbons (Fsp3) is 0.438. The van der Waals surface area contributed by atoms with Crippen LogP contribution in [0.25, 0.3) is 5.69 Å². The third kappa shape index (κ3) is 2.41. The molecule has 0 atom stereocenters. The molecule has 3 rings (SSSR count). The third-order valence-corrected chi connectivity index (χ3v) is 4.50. The second kappa shape index (κ2) is 4.72. The quantitative estimate of drug-likeness (QED) is 0.795. The summed E-state index contributed by atoms with van der Waals surface area (Å²) in [7, 11) is -0.317. The highest BCUT2D eigenvalue weighted by Crippen LogP contribution is 2.36. The van der Waals surface area contributed by atoms with E-state index < -0.39 is 0 Å². The van der Waals surface area contributed by atoms with Gasteiger partial charge < -0.3 is 9.31 Å². The highest BCUT2D eigenvalue weighted by Gasteiger charge is 2.51. The molecule has 21 heavy (non-hydrogen) atoms. The average Bonchev–Trinajstić information content (AvgIpc) is 2.92. The van der Waals surface area contributed by atoms with Crippen molar-refractivity contribution in [2.45, 2.75) is 45.8 Å². The summed E-state index contributed by atoms with van der Waals surface area (Å²) in [6.07, 6.45) is 1.80. The molecule has 0 unspecified atom stereocenters. The standard InChI is InChI=1S/C16H21BN2O2/c1-12-10-11-18-19(12)14-8-6-13(7-9-14)17-20-15(2,3)16(4,5)21-17/h6-11H,1-5H3. The van der Waals surface area contributed by atoms with Crippen molar-refractivity contribution < 1.29 is 9.31 Å². The van der Waals surface area contributed by atoms with E-state index in [1.165, 1.54) is 0 Å². The number of aryl methyl sites for hydroxylation is 1. The van der Waals surface area contributed by atoms with Gasteiger partial charge in [0.1, 0.15) is 0 Å². The molecule has 1 fully saturated rings. The first-order valence-corrected chi connectivity index (χ1v) is 7.27. The Hall–Kier alpha value is -1.59. The Morgan fingerprint density at radius 3 is 2.00 bits per heavy atom. The number of rotatable bonds is 2. The molecule has 0 spiro atoms. The van der Waals surface area contributed by atoms with E-state index in [1.54, 1.807) is 6.20 Å². The summed E-state index contributed by atoms with van der Waals surface area (Å²) in [6.45, 7) is 10.3. The summed E-state index contributed by atoms with van der Waals surface area (Å²) in [4.78, 5) is 0. The van der Waals surface area contributed by atoms with E-state index in [1.807, 2.05) is 41.9 Å². The monoisotopic (exact) mass is 284 g/mol. The Bertz CT molecular complexity index is 631. The van der Waals surface area contributed by atoms with Crippen molar-refractivity contribution in [3.05, 3.63) is 42.2 Å². The highest BCUT2D eigenvalue weighted by atomic mass is 16.7. The lowest BCUT2D eigenvalue weighted by Gasteiger charge is -2.32. The number of benzene rings is 1. The molecule has 0 N–H and O–H groups in total. The SMILES string of the molecule is Cc1ccnn1-c1ccc(B2OC(C)(C)C(C)(C)O2)cc1. The molecule has 1 aromatic carbocycles. The number of nitrogens with zero attached hydrogens (tertiary/aromatic N) is 2. The summed E-state index contributed by atoms with van der Waals surface area (Å²) < 4.78 is 14.0. The lowest BCUT2D eigenvalue weighted by molar-refractivity contribution is 0.00578. The van der Waals surface area contributed by atoms with E-state index in [2.05, 4.69) is 32.8 Å². The van der Waals surface area contributed by atoms with Crippen molar-refractivity contribution in [1.82, 2.24) is 9.78 Å². The number of hydrogen-bond donors (Lipinski definition) is 0. The Labute approximate surface area is 126 Å². The van der Waals surface area contributed by atoms with Crippen LogP contribution in [0.1, 0.15) is 33.4 Å². The molecule has 1 saturated heterocycles. The molecule has 4 nitrogen and oxygen atoms in total. The van der Waals surface area contributed by atoms with Crippen molar-refractivity contribution in [1.29, 1.82) is 0 Å². The molecular weight excluding hydrogens is 263 g/mol. The maximum atomic E-state index is 6.06. The minimum absolute atomic E-state index is 0.311. The molecule has 0 radical (unpaired) electrons. The van der Waals surface area contributed by atoms with E-state index in [4.69, 9.17) is 9.31 Å². The number of hydrogen-bond acceptors (Lipinski definition) is 3. The van der Waals surface area contributed by atoms with E-state index >= 15 is 0 Å². The molecule has 1 aliphatic heterocycles. The van der Waals surface area contributed by atoms with Gasteiger partial charge in [-0.05, 0) is 58.3 Å². The highest BCUT2D eigenvalue weighted by molar-refractivity contribution is 6.62. The molecule has 5 heteroatoms. The summed E-state index contributed by atoms with van der Waals surface area (Å²) >= 11 is 0. The molecule has 110 valence electrons. The van der Waals surface area contributed by atoms with Crippen molar-refractivity contribution in [3.8, 4) is 5.69 Å². The lowest BCUT2D eigenvalue weighted by Crippen LogP contribution is -2.41. The van der Waals surface area contributed by atoms with Crippen LogP contribution < -0.4 is 5.46 Å². The van der Waals surface area contributed by atoms with Crippen LogP contribution in [0, 0.1) is 6.92 Å². The van der Waals surface area contributed by atoms with Crippen molar-refractivity contribution in [3.63, 3.8) is 0 Å². The van der Waals surface area contributed by atoms with Gasteiger partial charge >= 0.3 is 7.12 Å². The van der Waals surface area contributed by atoms with E-state index in [0.717, 1.165) is 16.8 Å². The van der Waals surface area contributed by atoms with Crippen LogP contribution in [0.3, 0.4) is 0 Å². The maximum Gasteiger partial charge on any atom is 0.494 e. The fourth-order valence-corrected chi connectivity index (χ4v) is 2.39. The first-order valence-electron chi connectivity index (χ1n) is 7.27. The number of aromatic nitrogens is 2. The molecule has 2 aromatic rings. The lowest BCUT2D eigenvalue weighted by atomic mass is 9.79. The molecule has 2 heterocycles. The molecule has 0 aliphatic carbocycles. The first kappa shape index (κ1) is 14.4. The average molecular weight is 284 g/mol. The van der Waals surface area contributed by atoms with E-state index in [-0.39, 0.29) is 18.3 Å². The van der Waals surface area contributed by atoms with Crippen LogP contribution in [0.2, 0.25) is 0 Å². The summed E-state index contributed by atoms with van der Waals surface area (Å²) in [5.74, 6) is 0. The maximum absolute atomic E-state index is 6.06. The van der Waals surface area contributed by atoms with Crippen LogP contribution in [0.15, 0.2) is 36.5 Å². The predicted octanol–water partition coefficient (Wildman–Crippen LogP) is 2.48. The van der Waals surface area contributed by atoms with Gasteiger partial charge in [0, 0.05) is 11.9 Å². The minimum atomic E-state index is -0.317. The van der Waals surface area contributed by atoms with Crippen LogP contribution in [-0.4, -0.2) is 28.1 Å². The van der Waals surface area contributed by atoms with Gasteiger partial charge in [0.15, 0.2) is 0 Å². The third-order valence-electron chi connectivity index (χ3n) is 4.50. The topological polar surface area (TPSA) is 36.3 Å². The molecule has 0 saturated carbocycles. The van der Waals surface area contributed by atoms with Crippen molar-refractivity contribution in [2.24, 2.45) is 0 Å². The largest absolute Gasteiger partial charge is 0.494 e. The van der Waals surface area contributed by atoms with Crippen LogP contribution >= 0.6 is 0 Å². The first-order chi connectivity index (χ1) is 9.80. The fourth-order valence-electron chi connectivity index (χ4n) is 2.39. The smallest absolute Gasteiger partial charge is 0.399 e. The van der Waals surface area contributed by atoms with Gasteiger partial charge in [0.25, 0.3) is 0 Å². The predicted molar refractivity (Wildman–Crippen MR) is 84.0 cm³/mol. The Morgan fingerprint density at radius 2 is 1.52 bits per heavy atom. The van der Waals surface area contributed by atoms with Gasteiger partial charge in [-0.25, -0.2) is 4.68 Å². The minimum Gasteiger partial charge on any atom is -0.399 e. The second-order valence-corrected chi connectivity index (χ2v) is 6.56. The van der Waals surface area contributed by atoms with Crippen molar-refractivity contribution in [2.75, 3.05) is 0 Å². The van der Waals surface area contributed by atoms with Gasteiger partial charge in [-0.15, -0.1) is 0 Å². The van der Waals surface area contributed by atoms with Gasteiger partial charge in [0.2, 0.25) is 0 Å². The van der Waals surface area contributed by atoms with Crippen LogP contribution in [-0.2, 0) is 9.31 Å². The molecule has 0 bridgehead atoms.